The summed E-state index contributed by atoms with van der Waals surface area (Å²) in [6.45, 7) is 1.92. The van der Waals surface area contributed by atoms with Crippen molar-refractivity contribution >= 4 is 0 Å². The van der Waals surface area contributed by atoms with Crippen LogP contribution in [0.5, 0.6) is 0 Å². The average molecular weight is 104 g/mol. The molecule has 0 aliphatic rings. The third-order valence-corrected chi connectivity index (χ3v) is 0.737. The summed E-state index contributed by atoms with van der Waals surface area (Å²) in [6.07, 6.45) is -0.0676. The van der Waals surface area contributed by atoms with E-state index in [-0.39, 0.29) is 6.61 Å². The van der Waals surface area contributed by atoms with Crippen LogP contribution in [0.1, 0.15) is 13.3 Å². The Morgan fingerprint density at radius 3 is 2.57 bits per heavy atom. The predicted octanol–water partition coefficient (Wildman–Crippen LogP) is 0.0858. The fourth-order valence-corrected chi connectivity index (χ4v) is 0.225. The lowest BCUT2D eigenvalue weighted by Gasteiger charge is -1.98. The Bertz CT molecular complexity index is 40.7. The molecule has 0 aromatic carbocycles. The summed E-state index contributed by atoms with van der Waals surface area (Å²) < 4.78 is 0. The van der Waals surface area contributed by atoms with Gasteiger partial charge in [0.1, 0.15) is 6.10 Å². The van der Waals surface area contributed by atoms with Gasteiger partial charge in [-0.3, -0.25) is 0 Å². The van der Waals surface area contributed by atoms with Crippen molar-refractivity contribution in [2.75, 3.05) is 6.61 Å². The summed E-state index contributed by atoms with van der Waals surface area (Å²) in [7, 11) is 0. The predicted molar refractivity (Wildman–Crippen MR) is 24.9 cm³/mol. The summed E-state index contributed by atoms with van der Waals surface area (Å²) >= 11 is 0. The van der Waals surface area contributed by atoms with E-state index < -0.39 is 6.10 Å². The van der Waals surface area contributed by atoms with Gasteiger partial charge in [0.2, 0.25) is 0 Å². The van der Waals surface area contributed by atoms with Gasteiger partial charge in [0.25, 0.3) is 0 Å². The molecule has 2 N–H and O–H groups in total. The zero-order valence-electron chi connectivity index (χ0n) is 4.39. The molecule has 0 bridgehead atoms. The molecule has 0 rings (SSSR count). The van der Waals surface area contributed by atoms with E-state index in [1.54, 1.807) is 6.92 Å². The smallest absolute Gasteiger partial charge is 0.118 e. The van der Waals surface area contributed by atoms with Crippen molar-refractivity contribution in [2.45, 2.75) is 19.4 Å². The van der Waals surface area contributed by atoms with E-state index in [9.17, 15) is 5.11 Å². The second-order valence-corrected chi connectivity index (χ2v) is 1.36. The largest absolute Gasteiger partial charge is 0.302 e. The van der Waals surface area contributed by atoms with Crippen LogP contribution in [0.25, 0.3) is 0 Å². The minimum Gasteiger partial charge on any atom is -0.302 e. The Kier molecular flexibility index (Phi) is 3.98. The van der Waals surface area contributed by atoms with Gasteiger partial charge in [0.15, 0.2) is 0 Å². The van der Waals surface area contributed by atoms with E-state index in [1.165, 1.54) is 0 Å². The Morgan fingerprint density at radius 1 is 1.86 bits per heavy atom. The number of rotatable bonds is 3. The SMILES string of the molecule is CCC([O])CON. The third kappa shape index (κ3) is 3.72. The number of hydrogen-bond donors (Lipinski definition) is 1. The van der Waals surface area contributed by atoms with Crippen LogP contribution in [-0.2, 0) is 9.94 Å². The van der Waals surface area contributed by atoms with E-state index in [4.69, 9.17) is 0 Å². The standard InChI is InChI=1S/C4H10NO2/c1-2-4(6)3-7-5/h4H,2-3,5H2,1H3. The molecular weight excluding hydrogens is 94.0 g/mol. The first-order valence-corrected chi connectivity index (χ1v) is 2.28. The second kappa shape index (κ2) is 4.05. The first-order valence-electron chi connectivity index (χ1n) is 2.28. The van der Waals surface area contributed by atoms with Crippen LogP contribution in [-0.4, -0.2) is 12.7 Å². The maximum absolute atomic E-state index is 10.3. The molecule has 3 nitrogen and oxygen atoms in total. The molecule has 7 heavy (non-hydrogen) atoms. The van der Waals surface area contributed by atoms with E-state index >= 15 is 0 Å². The van der Waals surface area contributed by atoms with Gasteiger partial charge in [0.05, 0.1) is 6.61 Å². The molecular formula is C4H10NO2. The minimum absolute atomic E-state index is 0.122. The van der Waals surface area contributed by atoms with Crippen LogP contribution in [0.4, 0.5) is 0 Å². The van der Waals surface area contributed by atoms with Gasteiger partial charge >= 0.3 is 0 Å². The first-order chi connectivity index (χ1) is 3.31. The molecule has 1 unspecified atom stereocenters. The molecule has 0 aromatic heterocycles. The van der Waals surface area contributed by atoms with Gasteiger partial charge in [0, 0.05) is 0 Å². The summed E-state index contributed by atoms with van der Waals surface area (Å²) in [4.78, 5) is 4.08. The molecule has 0 fully saturated rings. The average Bonchev–Trinajstić information content (AvgIpc) is 1.68. The maximum Gasteiger partial charge on any atom is 0.118 e. The Hall–Kier alpha value is -0.120. The molecule has 1 radical (unpaired) electrons. The fraction of sp³-hybridized carbons (Fsp3) is 1.00. The molecule has 3 heteroatoms. The molecule has 0 spiro atoms. The molecule has 0 aliphatic carbocycles. The maximum atomic E-state index is 10.3. The van der Waals surface area contributed by atoms with Crippen molar-refractivity contribution < 1.29 is 9.94 Å². The van der Waals surface area contributed by atoms with Gasteiger partial charge in [-0.25, -0.2) is 11.0 Å². The van der Waals surface area contributed by atoms with Crippen molar-refractivity contribution in [2.24, 2.45) is 5.90 Å². The van der Waals surface area contributed by atoms with Gasteiger partial charge in [-0.05, 0) is 6.42 Å². The van der Waals surface area contributed by atoms with Gasteiger partial charge < -0.3 is 4.84 Å². The van der Waals surface area contributed by atoms with Crippen LogP contribution in [0.15, 0.2) is 0 Å². The Balaban J connectivity index is 2.83. The quantitative estimate of drug-likeness (QED) is 0.516. The van der Waals surface area contributed by atoms with Crippen LogP contribution >= 0.6 is 0 Å². The molecule has 0 saturated carbocycles. The third-order valence-electron chi connectivity index (χ3n) is 0.737. The zero-order valence-corrected chi connectivity index (χ0v) is 4.39. The molecule has 0 aliphatic heterocycles. The lowest BCUT2D eigenvalue weighted by Crippen LogP contribution is -2.14. The van der Waals surface area contributed by atoms with Crippen molar-refractivity contribution in [3.05, 3.63) is 0 Å². The van der Waals surface area contributed by atoms with E-state index in [0.29, 0.717) is 6.42 Å². The van der Waals surface area contributed by atoms with Gasteiger partial charge in [-0.2, -0.15) is 0 Å². The number of hydrogen-bond acceptors (Lipinski definition) is 2. The normalized spacial score (nSPS) is 14.1. The highest BCUT2D eigenvalue weighted by molar-refractivity contribution is 4.45. The Labute approximate surface area is 43.0 Å². The monoisotopic (exact) mass is 104 g/mol. The lowest BCUT2D eigenvalue weighted by molar-refractivity contribution is -0.00535. The van der Waals surface area contributed by atoms with E-state index in [1.807, 2.05) is 0 Å². The Morgan fingerprint density at radius 2 is 2.43 bits per heavy atom. The van der Waals surface area contributed by atoms with Crippen molar-refractivity contribution in [1.29, 1.82) is 0 Å². The van der Waals surface area contributed by atoms with Crippen molar-refractivity contribution in [1.82, 2.24) is 0 Å². The molecule has 43 valence electrons. The molecule has 0 amide bonds. The van der Waals surface area contributed by atoms with Crippen molar-refractivity contribution in [3.63, 3.8) is 0 Å². The van der Waals surface area contributed by atoms with Gasteiger partial charge in [-0.1, -0.05) is 6.92 Å². The van der Waals surface area contributed by atoms with Crippen LogP contribution in [0.3, 0.4) is 0 Å². The van der Waals surface area contributed by atoms with Gasteiger partial charge in [-0.15, -0.1) is 0 Å². The van der Waals surface area contributed by atoms with Crippen LogP contribution in [0.2, 0.25) is 0 Å². The van der Waals surface area contributed by atoms with Crippen LogP contribution < -0.4 is 5.90 Å². The number of nitrogens with two attached hydrogens (primary N) is 1. The minimum atomic E-state index is -0.648. The van der Waals surface area contributed by atoms with Crippen molar-refractivity contribution in [3.8, 4) is 0 Å². The lowest BCUT2D eigenvalue weighted by atomic mass is 10.3. The summed E-state index contributed by atoms with van der Waals surface area (Å²) in [6, 6.07) is 0. The van der Waals surface area contributed by atoms with E-state index in [0.717, 1.165) is 0 Å². The topological polar surface area (TPSA) is 55.1 Å². The highest BCUT2D eigenvalue weighted by Crippen LogP contribution is 1.87. The summed E-state index contributed by atoms with van der Waals surface area (Å²) in [5.41, 5.74) is 0. The van der Waals surface area contributed by atoms with Crippen LogP contribution in [0, 0.1) is 0 Å². The highest BCUT2D eigenvalue weighted by atomic mass is 16.6. The van der Waals surface area contributed by atoms with E-state index in [2.05, 4.69) is 10.7 Å². The second-order valence-electron chi connectivity index (χ2n) is 1.36. The molecule has 0 aromatic rings. The summed E-state index contributed by atoms with van der Waals surface area (Å²) in [5, 5.41) is 10.3. The molecule has 0 heterocycles. The highest BCUT2D eigenvalue weighted by Gasteiger charge is 1.98. The molecule has 0 saturated heterocycles. The fourth-order valence-electron chi connectivity index (χ4n) is 0.225. The summed E-state index contributed by atoms with van der Waals surface area (Å²) in [5.74, 6) is 4.61. The zero-order chi connectivity index (χ0) is 5.70. The first kappa shape index (κ1) is 6.88. The molecule has 1 atom stereocenters.